The van der Waals surface area contributed by atoms with E-state index in [4.69, 9.17) is 17.3 Å². The topological polar surface area (TPSA) is 26.0 Å². The number of halogens is 1. The van der Waals surface area contributed by atoms with E-state index in [9.17, 15) is 0 Å². The molecule has 0 bridgehead atoms. The summed E-state index contributed by atoms with van der Waals surface area (Å²) in [6.07, 6.45) is 0. The highest BCUT2D eigenvalue weighted by Crippen LogP contribution is 2.34. The Hall–Kier alpha value is -0.830. The van der Waals surface area contributed by atoms with Crippen LogP contribution in [0.15, 0.2) is 30.3 Å². The van der Waals surface area contributed by atoms with Crippen molar-refractivity contribution >= 4 is 22.9 Å². The Morgan fingerprint density at radius 3 is 2.35 bits per heavy atom. The Balaban J connectivity index is 2.47. The predicted octanol–water partition coefficient (Wildman–Crippen LogP) is 4.24. The van der Waals surface area contributed by atoms with Crippen molar-refractivity contribution in [3.8, 4) is 0 Å². The van der Waals surface area contributed by atoms with Gasteiger partial charge in [-0.2, -0.15) is 0 Å². The Bertz CT molecular complexity index is 543. The minimum Gasteiger partial charge on any atom is -0.317 e. The van der Waals surface area contributed by atoms with Crippen molar-refractivity contribution in [3.05, 3.63) is 56.2 Å². The van der Waals surface area contributed by atoms with Gasteiger partial charge in [-0.25, -0.2) is 0 Å². The molecule has 2 aromatic rings. The maximum atomic E-state index is 6.44. The summed E-state index contributed by atoms with van der Waals surface area (Å²) < 4.78 is 0.778. The zero-order chi connectivity index (χ0) is 12.6. The molecule has 0 fully saturated rings. The lowest BCUT2D eigenvalue weighted by Crippen LogP contribution is -2.33. The van der Waals surface area contributed by atoms with Gasteiger partial charge in [0.15, 0.2) is 0 Å². The van der Waals surface area contributed by atoms with Crippen molar-refractivity contribution in [2.45, 2.75) is 26.3 Å². The molecule has 2 N–H and O–H groups in total. The third-order valence-corrected chi connectivity index (χ3v) is 4.66. The second kappa shape index (κ2) is 4.45. The molecule has 0 saturated heterocycles. The fourth-order valence-electron chi connectivity index (χ4n) is 1.80. The average molecular weight is 266 g/mol. The van der Waals surface area contributed by atoms with Crippen molar-refractivity contribution in [2.75, 3.05) is 0 Å². The number of nitrogens with two attached hydrogens (primary N) is 1. The maximum Gasteiger partial charge on any atom is 0.0932 e. The fraction of sp³-hybridized carbons (Fsp3) is 0.286. The smallest absolute Gasteiger partial charge is 0.0932 e. The van der Waals surface area contributed by atoms with Crippen LogP contribution in [-0.2, 0) is 5.54 Å². The van der Waals surface area contributed by atoms with Gasteiger partial charge in [-0.1, -0.05) is 29.8 Å². The van der Waals surface area contributed by atoms with Crippen LogP contribution in [0.5, 0.6) is 0 Å². The summed E-state index contributed by atoms with van der Waals surface area (Å²) in [4.78, 5) is 1.09. The first-order valence-electron chi connectivity index (χ1n) is 5.53. The SMILES string of the molecule is Cc1ccc(C(C)(N)c2ccc(Cl)s2)cc1C. The lowest BCUT2D eigenvalue weighted by Gasteiger charge is -2.24. The molecule has 0 aliphatic carbocycles. The zero-order valence-corrected chi connectivity index (χ0v) is 11.8. The molecule has 0 aliphatic heterocycles. The molecule has 1 aromatic carbocycles. The zero-order valence-electron chi connectivity index (χ0n) is 10.3. The minimum absolute atomic E-state index is 0.476. The summed E-state index contributed by atoms with van der Waals surface area (Å²) in [6, 6.07) is 10.3. The predicted molar refractivity (Wildman–Crippen MR) is 75.9 cm³/mol. The van der Waals surface area contributed by atoms with Gasteiger partial charge in [-0.3, -0.25) is 0 Å². The first-order valence-corrected chi connectivity index (χ1v) is 6.73. The minimum atomic E-state index is -0.476. The van der Waals surface area contributed by atoms with Crippen molar-refractivity contribution in [1.29, 1.82) is 0 Å². The molecule has 0 radical (unpaired) electrons. The van der Waals surface area contributed by atoms with E-state index < -0.39 is 5.54 Å². The molecule has 90 valence electrons. The first-order chi connectivity index (χ1) is 7.91. The van der Waals surface area contributed by atoms with E-state index in [2.05, 4.69) is 32.0 Å². The number of aryl methyl sites for hydroxylation is 2. The van der Waals surface area contributed by atoms with E-state index in [0.29, 0.717) is 0 Å². The van der Waals surface area contributed by atoms with Gasteiger partial charge in [0.05, 0.1) is 9.88 Å². The Morgan fingerprint density at radius 1 is 1.12 bits per heavy atom. The van der Waals surface area contributed by atoms with E-state index in [1.54, 1.807) is 11.3 Å². The van der Waals surface area contributed by atoms with Gasteiger partial charge in [0.25, 0.3) is 0 Å². The molecule has 0 spiro atoms. The molecule has 1 heterocycles. The average Bonchev–Trinajstić information content (AvgIpc) is 2.69. The van der Waals surface area contributed by atoms with E-state index >= 15 is 0 Å². The molecule has 0 saturated carbocycles. The van der Waals surface area contributed by atoms with Crippen LogP contribution in [0.2, 0.25) is 4.34 Å². The molecule has 0 amide bonds. The summed E-state index contributed by atoms with van der Waals surface area (Å²) in [6.45, 7) is 6.24. The Kier molecular flexibility index (Phi) is 3.30. The number of rotatable bonds is 2. The van der Waals surface area contributed by atoms with Crippen LogP contribution in [0.4, 0.5) is 0 Å². The van der Waals surface area contributed by atoms with Crippen LogP contribution in [0.1, 0.15) is 28.5 Å². The number of benzene rings is 1. The molecular formula is C14H16ClNS. The summed E-state index contributed by atoms with van der Waals surface area (Å²) in [7, 11) is 0. The largest absolute Gasteiger partial charge is 0.317 e. The summed E-state index contributed by atoms with van der Waals surface area (Å²) in [5, 5.41) is 0. The molecule has 1 aromatic heterocycles. The number of hydrogen-bond donors (Lipinski definition) is 1. The molecule has 1 unspecified atom stereocenters. The number of thiophene rings is 1. The lowest BCUT2D eigenvalue weighted by atomic mass is 9.89. The normalized spacial score (nSPS) is 14.6. The van der Waals surface area contributed by atoms with Crippen molar-refractivity contribution in [2.24, 2.45) is 5.73 Å². The molecule has 1 atom stereocenters. The van der Waals surface area contributed by atoms with Crippen LogP contribution in [0.3, 0.4) is 0 Å². The van der Waals surface area contributed by atoms with Crippen LogP contribution >= 0.6 is 22.9 Å². The fourth-order valence-corrected chi connectivity index (χ4v) is 2.92. The van der Waals surface area contributed by atoms with Crippen LogP contribution < -0.4 is 5.73 Å². The number of hydrogen-bond acceptors (Lipinski definition) is 2. The summed E-state index contributed by atoms with van der Waals surface area (Å²) in [5.41, 5.74) is 9.64. The second-order valence-electron chi connectivity index (χ2n) is 4.61. The second-order valence-corrected chi connectivity index (χ2v) is 6.32. The van der Waals surface area contributed by atoms with Gasteiger partial charge in [0.2, 0.25) is 0 Å². The van der Waals surface area contributed by atoms with Crippen molar-refractivity contribution < 1.29 is 0 Å². The third-order valence-electron chi connectivity index (χ3n) is 3.19. The van der Waals surface area contributed by atoms with Crippen LogP contribution in [0.25, 0.3) is 0 Å². The lowest BCUT2D eigenvalue weighted by molar-refractivity contribution is 0.616. The monoisotopic (exact) mass is 265 g/mol. The van der Waals surface area contributed by atoms with Crippen LogP contribution in [-0.4, -0.2) is 0 Å². The van der Waals surface area contributed by atoms with Gasteiger partial charge in [0.1, 0.15) is 0 Å². The maximum absolute atomic E-state index is 6.44. The Labute approximate surface area is 111 Å². The highest BCUT2D eigenvalue weighted by molar-refractivity contribution is 7.16. The van der Waals surface area contributed by atoms with Crippen molar-refractivity contribution in [3.63, 3.8) is 0 Å². The van der Waals surface area contributed by atoms with E-state index in [1.165, 1.54) is 11.1 Å². The van der Waals surface area contributed by atoms with E-state index in [-0.39, 0.29) is 0 Å². The first kappa shape index (κ1) is 12.6. The quantitative estimate of drug-likeness (QED) is 0.864. The Morgan fingerprint density at radius 2 is 1.82 bits per heavy atom. The van der Waals surface area contributed by atoms with Gasteiger partial charge in [-0.15, -0.1) is 11.3 Å². The molecule has 3 heteroatoms. The molecule has 17 heavy (non-hydrogen) atoms. The summed E-state index contributed by atoms with van der Waals surface area (Å²) in [5.74, 6) is 0. The highest BCUT2D eigenvalue weighted by atomic mass is 35.5. The van der Waals surface area contributed by atoms with Crippen molar-refractivity contribution in [1.82, 2.24) is 0 Å². The van der Waals surface area contributed by atoms with Crippen LogP contribution in [0, 0.1) is 13.8 Å². The van der Waals surface area contributed by atoms with Gasteiger partial charge in [-0.05, 0) is 49.6 Å². The molecule has 1 nitrogen and oxygen atoms in total. The van der Waals surface area contributed by atoms with Gasteiger partial charge >= 0.3 is 0 Å². The standard InChI is InChI=1S/C14H16ClNS/c1-9-4-5-11(8-10(9)2)14(3,16)12-6-7-13(15)17-12/h4-8H,16H2,1-3H3. The summed E-state index contributed by atoms with van der Waals surface area (Å²) >= 11 is 7.51. The third kappa shape index (κ3) is 2.39. The highest BCUT2D eigenvalue weighted by Gasteiger charge is 2.25. The molecule has 2 rings (SSSR count). The van der Waals surface area contributed by atoms with E-state index in [1.807, 2.05) is 19.1 Å². The molecule has 0 aliphatic rings. The van der Waals surface area contributed by atoms with Gasteiger partial charge < -0.3 is 5.73 Å². The molecular weight excluding hydrogens is 250 g/mol. The van der Waals surface area contributed by atoms with Gasteiger partial charge in [0, 0.05) is 4.88 Å². The van der Waals surface area contributed by atoms with E-state index in [0.717, 1.165) is 14.8 Å².